The van der Waals surface area contributed by atoms with E-state index in [0.29, 0.717) is 41.6 Å². The average Bonchev–Trinajstić information content (AvgIpc) is 2.82. The highest BCUT2D eigenvalue weighted by Gasteiger charge is 2.19. The maximum Gasteiger partial charge on any atom is 0.196 e. The van der Waals surface area contributed by atoms with Crippen LogP contribution in [0.1, 0.15) is 28.4 Å². The van der Waals surface area contributed by atoms with E-state index in [1.165, 1.54) is 0 Å². The molecule has 0 N–H and O–H groups in total. The van der Waals surface area contributed by atoms with Gasteiger partial charge in [0, 0.05) is 25.2 Å². The Labute approximate surface area is 184 Å². The minimum absolute atomic E-state index is 0.118. The molecular formula is C25H31NO5. The Morgan fingerprint density at radius 3 is 2.68 bits per heavy atom. The van der Waals surface area contributed by atoms with E-state index in [0.717, 1.165) is 44.8 Å². The summed E-state index contributed by atoms with van der Waals surface area (Å²) in [4.78, 5) is 15.6. The zero-order valence-corrected chi connectivity index (χ0v) is 18.4. The van der Waals surface area contributed by atoms with E-state index in [1.807, 2.05) is 19.1 Å². The molecular weight excluding hydrogens is 394 g/mol. The molecule has 1 aliphatic heterocycles. The SMILES string of the molecule is C=CCOc1c(CC)cccc1C(=O)c1ccc(OCCN2CCOCC2)c(OC)c1. The first-order chi connectivity index (χ1) is 15.2. The van der Waals surface area contributed by atoms with E-state index in [9.17, 15) is 4.79 Å². The standard InChI is InChI=1S/C25H31NO5/c1-4-14-31-25-19(5-2)7-6-8-21(25)24(27)20-9-10-22(23(18-20)28-3)30-17-13-26-11-15-29-16-12-26/h4,6-10,18H,1,5,11-17H2,2-3H3. The average molecular weight is 426 g/mol. The van der Waals surface area contributed by atoms with E-state index in [4.69, 9.17) is 18.9 Å². The van der Waals surface area contributed by atoms with Gasteiger partial charge in [0.15, 0.2) is 17.3 Å². The van der Waals surface area contributed by atoms with Crippen molar-refractivity contribution in [2.45, 2.75) is 13.3 Å². The van der Waals surface area contributed by atoms with Gasteiger partial charge in [-0.3, -0.25) is 9.69 Å². The third-order valence-corrected chi connectivity index (χ3v) is 5.26. The molecule has 0 spiro atoms. The molecule has 3 rings (SSSR count). The van der Waals surface area contributed by atoms with Crippen LogP contribution in [0, 0.1) is 0 Å². The molecule has 0 atom stereocenters. The number of carbonyl (C=O) groups is 1. The zero-order chi connectivity index (χ0) is 22.1. The molecule has 1 heterocycles. The quantitative estimate of drug-likeness (QED) is 0.404. The Kier molecular flexibility index (Phi) is 8.50. The van der Waals surface area contributed by atoms with Gasteiger partial charge >= 0.3 is 0 Å². The highest BCUT2D eigenvalue weighted by Crippen LogP contribution is 2.32. The van der Waals surface area contributed by atoms with Gasteiger partial charge in [-0.15, -0.1) is 0 Å². The number of ether oxygens (including phenoxy) is 4. The van der Waals surface area contributed by atoms with Crippen molar-refractivity contribution >= 4 is 5.78 Å². The summed E-state index contributed by atoms with van der Waals surface area (Å²) in [6, 6.07) is 10.9. The van der Waals surface area contributed by atoms with Crippen molar-refractivity contribution < 1.29 is 23.7 Å². The molecule has 1 saturated heterocycles. The lowest BCUT2D eigenvalue weighted by molar-refractivity contribution is 0.0321. The summed E-state index contributed by atoms with van der Waals surface area (Å²) in [5, 5.41) is 0. The lowest BCUT2D eigenvalue weighted by atomic mass is 9.98. The molecule has 0 aromatic heterocycles. The fraction of sp³-hybridized carbons (Fsp3) is 0.400. The second kappa shape index (κ2) is 11.5. The number of methoxy groups -OCH3 is 1. The number of carbonyl (C=O) groups excluding carboxylic acids is 1. The number of nitrogens with zero attached hydrogens (tertiary/aromatic N) is 1. The van der Waals surface area contributed by atoms with Gasteiger partial charge in [-0.05, 0) is 36.2 Å². The van der Waals surface area contributed by atoms with Crippen molar-refractivity contribution in [3.05, 3.63) is 65.7 Å². The number of benzene rings is 2. The third-order valence-electron chi connectivity index (χ3n) is 5.26. The lowest BCUT2D eigenvalue weighted by Crippen LogP contribution is -2.38. The second-order valence-electron chi connectivity index (χ2n) is 7.24. The van der Waals surface area contributed by atoms with Gasteiger partial charge < -0.3 is 18.9 Å². The summed E-state index contributed by atoms with van der Waals surface area (Å²) in [6.45, 7) is 10.8. The van der Waals surface area contributed by atoms with Gasteiger partial charge in [-0.25, -0.2) is 0 Å². The van der Waals surface area contributed by atoms with Crippen LogP contribution in [0.15, 0.2) is 49.1 Å². The van der Waals surface area contributed by atoms with E-state index in [-0.39, 0.29) is 5.78 Å². The van der Waals surface area contributed by atoms with Crippen LogP contribution < -0.4 is 14.2 Å². The van der Waals surface area contributed by atoms with Crippen molar-refractivity contribution in [2.24, 2.45) is 0 Å². The van der Waals surface area contributed by atoms with Crippen molar-refractivity contribution in [1.29, 1.82) is 0 Å². The monoisotopic (exact) mass is 425 g/mol. The lowest BCUT2D eigenvalue weighted by Gasteiger charge is -2.26. The Bertz CT molecular complexity index is 889. The fourth-order valence-electron chi connectivity index (χ4n) is 3.55. The smallest absolute Gasteiger partial charge is 0.196 e. The van der Waals surface area contributed by atoms with Crippen LogP contribution in [0.3, 0.4) is 0 Å². The number of morpholine rings is 1. The molecule has 2 aromatic carbocycles. The van der Waals surface area contributed by atoms with Gasteiger partial charge in [0.25, 0.3) is 0 Å². The van der Waals surface area contributed by atoms with Gasteiger partial charge in [0.05, 0.1) is 25.9 Å². The van der Waals surface area contributed by atoms with Crippen LogP contribution in [0.5, 0.6) is 17.2 Å². The number of hydrogen-bond acceptors (Lipinski definition) is 6. The van der Waals surface area contributed by atoms with E-state index < -0.39 is 0 Å². The number of rotatable bonds is 11. The van der Waals surface area contributed by atoms with Crippen molar-refractivity contribution in [2.75, 3.05) is 53.2 Å². The van der Waals surface area contributed by atoms with E-state index in [1.54, 1.807) is 37.5 Å². The summed E-state index contributed by atoms with van der Waals surface area (Å²) in [6.07, 6.45) is 2.44. The Morgan fingerprint density at radius 1 is 1.16 bits per heavy atom. The molecule has 0 amide bonds. The van der Waals surface area contributed by atoms with Gasteiger partial charge in [-0.1, -0.05) is 31.7 Å². The van der Waals surface area contributed by atoms with Crippen LogP contribution in [0.25, 0.3) is 0 Å². The number of para-hydroxylation sites is 1. The second-order valence-corrected chi connectivity index (χ2v) is 7.24. The highest BCUT2D eigenvalue weighted by atomic mass is 16.5. The normalized spacial score (nSPS) is 14.1. The third kappa shape index (κ3) is 5.87. The highest BCUT2D eigenvalue weighted by molar-refractivity contribution is 6.11. The van der Waals surface area contributed by atoms with Crippen molar-refractivity contribution in [3.8, 4) is 17.2 Å². The minimum atomic E-state index is -0.118. The van der Waals surface area contributed by atoms with Crippen molar-refractivity contribution in [1.82, 2.24) is 4.90 Å². The molecule has 6 heteroatoms. The summed E-state index contributed by atoms with van der Waals surface area (Å²) < 4.78 is 22.6. The van der Waals surface area contributed by atoms with E-state index >= 15 is 0 Å². The first-order valence-electron chi connectivity index (χ1n) is 10.7. The summed E-state index contributed by atoms with van der Waals surface area (Å²) >= 11 is 0. The van der Waals surface area contributed by atoms with E-state index in [2.05, 4.69) is 11.5 Å². The molecule has 1 fully saturated rings. The van der Waals surface area contributed by atoms with Gasteiger partial charge in [-0.2, -0.15) is 0 Å². The fourth-order valence-corrected chi connectivity index (χ4v) is 3.55. The molecule has 2 aromatic rings. The van der Waals surface area contributed by atoms with Gasteiger partial charge in [0.2, 0.25) is 0 Å². The Hall–Kier alpha value is -2.83. The molecule has 1 aliphatic rings. The first-order valence-corrected chi connectivity index (χ1v) is 10.7. The topological polar surface area (TPSA) is 57.2 Å². The minimum Gasteiger partial charge on any atom is -0.493 e. The first kappa shape index (κ1) is 22.8. The summed E-state index contributed by atoms with van der Waals surface area (Å²) in [7, 11) is 1.58. The number of aryl methyl sites for hydroxylation is 1. The molecule has 166 valence electrons. The van der Waals surface area contributed by atoms with Crippen LogP contribution >= 0.6 is 0 Å². The molecule has 6 nitrogen and oxygen atoms in total. The maximum atomic E-state index is 13.3. The predicted molar refractivity (Wildman–Crippen MR) is 121 cm³/mol. The number of ketones is 1. The van der Waals surface area contributed by atoms with Crippen molar-refractivity contribution in [3.63, 3.8) is 0 Å². The van der Waals surface area contributed by atoms with Crippen LogP contribution in [-0.2, 0) is 11.2 Å². The predicted octanol–water partition coefficient (Wildman–Crippen LogP) is 3.76. The number of hydrogen-bond donors (Lipinski definition) is 0. The summed E-state index contributed by atoms with van der Waals surface area (Å²) in [5.41, 5.74) is 2.04. The Balaban J connectivity index is 1.75. The van der Waals surface area contributed by atoms with Crippen LogP contribution in [0.2, 0.25) is 0 Å². The molecule has 0 aliphatic carbocycles. The molecule has 0 unspecified atom stereocenters. The largest absolute Gasteiger partial charge is 0.493 e. The molecule has 0 bridgehead atoms. The molecule has 31 heavy (non-hydrogen) atoms. The molecule has 0 saturated carbocycles. The van der Waals surface area contributed by atoms with Crippen LogP contribution in [0.4, 0.5) is 0 Å². The Morgan fingerprint density at radius 2 is 1.97 bits per heavy atom. The molecule has 0 radical (unpaired) electrons. The zero-order valence-electron chi connectivity index (χ0n) is 18.4. The van der Waals surface area contributed by atoms with Crippen LogP contribution in [-0.4, -0.2) is 63.9 Å². The maximum absolute atomic E-state index is 13.3. The van der Waals surface area contributed by atoms with Gasteiger partial charge in [0.1, 0.15) is 19.0 Å². The summed E-state index contributed by atoms with van der Waals surface area (Å²) in [5.74, 6) is 1.65.